The summed E-state index contributed by atoms with van der Waals surface area (Å²) in [5.41, 5.74) is 0.0678. The van der Waals surface area contributed by atoms with Gasteiger partial charge in [0.15, 0.2) is 0 Å². The Balaban J connectivity index is 2.16. The molecule has 1 N–H and O–H groups in total. The lowest BCUT2D eigenvalue weighted by Gasteiger charge is -2.35. The zero-order chi connectivity index (χ0) is 15.8. The molecular formula is C14H26N2O4S. The number of hydrogen-bond donors (Lipinski definition) is 1. The van der Waals surface area contributed by atoms with E-state index < -0.39 is 22.2 Å². The van der Waals surface area contributed by atoms with Crippen molar-refractivity contribution in [1.82, 2.24) is 8.61 Å². The van der Waals surface area contributed by atoms with Gasteiger partial charge in [-0.2, -0.15) is 17.0 Å². The summed E-state index contributed by atoms with van der Waals surface area (Å²) in [6.45, 7) is 7.66. The Morgan fingerprint density at radius 2 is 1.81 bits per heavy atom. The van der Waals surface area contributed by atoms with Gasteiger partial charge in [0, 0.05) is 19.6 Å². The molecule has 0 aromatic carbocycles. The quantitative estimate of drug-likeness (QED) is 0.856. The molecule has 0 radical (unpaired) electrons. The van der Waals surface area contributed by atoms with Gasteiger partial charge in [-0.15, -0.1) is 0 Å². The third-order valence-electron chi connectivity index (χ3n) is 4.74. The Morgan fingerprint density at radius 3 is 2.33 bits per heavy atom. The number of carboxylic acid groups (broad SMARTS) is 1. The van der Waals surface area contributed by atoms with Crippen molar-refractivity contribution in [3.8, 4) is 0 Å². The molecule has 2 heterocycles. The maximum Gasteiger partial charge on any atom is 0.322 e. The van der Waals surface area contributed by atoms with Gasteiger partial charge in [-0.05, 0) is 37.0 Å². The Morgan fingerprint density at radius 1 is 1.14 bits per heavy atom. The summed E-state index contributed by atoms with van der Waals surface area (Å²) < 4.78 is 28.2. The lowest BCUT2D eigenvalue weighted by Crippen LogP contribution is -2.53. The second kappa shape index (κ2) is 5.85. The minimum absolute atomic E-state index is 0.0678. The van der Waals surface area contributed by atoms with Crippen LogP contribution in [-0.4, -0.2) is 53.8 Å². The smallest absolute Gasteiger partial charge is 0.322 e. The number of carboxylic acids is 1. The van der Waals surface area contributed by atoms with Crippen molar-refractivity contribution >= 4 is 16.2 Å². The first-order valence-electron chi connectivity index (χ1n) is 7.64. The largest absolute Gasteiger partial charge is 0.480 e. The van der Waals surface area contributed by atoms with Crippen molar-refractivity contribution < 1.29 is 18.3 Å². The van der Waals surface area contributed by atoms with E-state index in [0.717, 1.165) is 19.3 Å². The van der Waals surface area contributed by atoms with Crippen molar-refractivity contribution in [2.45, 2.75) is 52.5 Å². The van der Waals surface area contributed by atoms with E-state index in [1.165, 1.54) is 8.61 Å². The first kappa shape index (κ1) is 16.7. The third-order valence-corrected chi connectivity index (χ3v) is 6.75. The molecule has 2 atom stereocenters. The third kappa shape index (κ3) is 3.40. The van der Waals surface area contributed by atoms with Crippen LogP contribution in [0.15, 0.2) is 0 Å². The SMILES string of the molecule is CC(C)(C)C1CCN(S(=O)(=O)N2CCCCC2C(=O)O)C1. The van der Waals surface area contributed by atoms with Gasteiger partial charge in [0.2, 0.25) is 0 Å². The summed E-state index contributed by atoms with van der Waals surface area (Å²) in [5.74, 6) is -0.717. The van der Waals surface area contributed by atoms with Gasteiger partial charge < -0.3 is 5.11 Å². The molecule has 7 heteroatoms. The van der Waals surface area contributed by atoms with E-state index in [-0.39, 0.29) is 5.41 Å². The molecule has 0 bridgehead atoms. The molecule has 2 unspecified atom stereocenters. The van der Waals surface area contributed by atoms with Crippen LogP contribution < -0.4 is 0 Å². The summed E-state index contributed by atoms with van der Waals surface area (Å²) in [7, 11) is -3.66. The Hall–Kier alpha value is -0.660. The fourth-order valence-electron chi connectivity index (χ4n) is 3.22. The maximum absolute atomic E-state index is 12.8. The highest BCUT2D eigenvalue weighted by molar-refractivity contribution is 7.86. The van der Waals surface area contributed by atoms with Gasteiger partial charge in [0.25, 0.3) is 10.2 Å². The van der Waals surface area contributed by atoms with Crippen LogP contribution in [0, 0.1) is 11.3 Å². The number of aliphatic carboxylic acids is 1. The van der Waals surface area contributed by atoms with E-state index in [9.17, 15) is 18.3 Å². The van der Waals surface area contributed by atoms with E-state index in [1.807, 2.05) is 0 Å². The second-order valence-corrected chi connectivity index (χ2v) is 9.06. The van der Waals surface area contributed by atoms with Crippen molar-refractivity contribution in [2.75, 3.05) is 19.6 Å². The fourth-order valence-corrected chi connectivity index (χ4v) is 5.10. The number of carbonyl (C=O) groups is 1. The molecule has 2 aliphatic rings. The highest BCUT2D eigenvalue weighted by Crippen LogP contribution is 2.36. The lowest BCUT2D eigenvalue weighted by molar-refractivity contribution is -0.142. The van der Waals surface area contributed by atoms with Gasteiger partial charge in [-0.25, -0.2) is 0 Å². The van der Waals surface area contributed by atoms with Crippen LogP contribution in [0.3, 0.4) is 0 Å². The van der Waals surface area contributed by atoms with Crippen molar-refractivity contribution in [3.63, 3.8) is 0 Å². The molecule has 2 fully saturated rings. The van der Waals surface area contributed by atoms with Gasteiger partial charge in [0.1, 0.15) is 6.04 Å². The standard InChI is InChI=1S/C14H26N2O4S/c1-14(2,3)11-7-9-15(10-11)21(19,20)16-8-5-4-6-12(16)13(17)18/h11-12H,4-10H2,1-3H3,(H,17,18). The molecular weight excluding hydrogens is 292 g/mol. The van der Waals surface area contributed by atoms with Crippen LogP contribution in [0.25, 0.3) is 0 Å². The Bertz CT molecular complexity index is 498. The number of piperidine rings is 1. The molecule has 0 aromatic heterocycles. The van der Waals surface area contributed by atoms with Crippen LogP contribution in [-0.2, 0) is 15.0 Å². The molecule has 2 rings (SSSR count). The molecule has 2 aliphatic heterocycles. The zero-order valence-electron chi connectivity index (χ0n) is 13.1. The summed E-state index contributed by atoms with van der Waals surface area (Å²) in [5, 5.41) is 9.27. The maximum atomic E-state index is 12.8. The predicted molar refractivity (Wildman–Crippen MR) is 80.0 cm³/mol. The zero-order valence-corrected chi connectivity index (χ0v) is 13.9. The molecule has 0 amide bonds. The minimum atomic E-state index is -3.66. The van der Waals surface area contributed by atoms with Gasteiger partial charge in [-0.1, -0.05) is 20.8 Å². The topological polar surface area (TPSA) is 77.9 Å². The van der Waals surface area contributed by atoms with E-state index in [2.05, 4.69) is 20.8 Å². The summed E-state index contributed by atoms with van der Waals surface area (Å²) in [4.78, 5) is 11.3. The van der Waals surface area contributed by atoms with Crippen LogP contribution in [0.5, 0.6) is 0 Å². The first-order valence-corrected chi connectivity index (χ1v) is 9.03. The highest BCUT2D eigenvalue weighted by Gasteiger charge is 2.44. The van der Waals surface area contributed by atoms with Gasteiger partial charge in [0.05, 0.1) is 0 Å². The molecule has 21 heavy (non-hydrogen) atoms. The average Bonchev–Trinajstić information content (AvgIpc) is 2.88. The minimum Gasteiger partial charge on any atom is -0.480 e. The van der Waals surface area contributed by atoms with E-state index in [4.69, 9.17) is 0 Å². The summed E-state index contributed by atoms with van der Waals surface area (Å²) in [6.07, 6.45) is 2.76. The normalized spacial score (nSPS) is 29.7. The van der Waals surface area contributed by atoms with E-state index in [0.29, 0.717) is 32.0 Å². The molecule has 0 aromatic rings. The highest BCUT2D eigenvalue weighted by atomic mass is 32.2. The Labute approximate surface area is 127 Å². The van der Waals surface area contributed by atoms with E-state index >= 15 is 0 Å². The monoisotopic (exact) mass is 318 g/mol. The molecule has 0 aliphatic carbocycles. The lowest BCUT2D eigenvalue weighted by atomic mass is 9.80. The molecule has 6 nitrogen and oxygen atoms in total. The number of nitrogens with zero attached hydrogens (tertiary/aromatic N) is 2. The van der Waals surface area contributed by atoms with Crippen molar-refractivity contribution in [2.24, 2.45) is 11.3 Å². The van der Waals surface area contributed by atoms with Crippen LogP contribution in [0.4, 0.5) is 0 Å². The Kier molecular flexibility index (Phi) is 4.66. The van der Waals surface area contributed by atoms with Crippen molar-refractivity contribution in [3.05, 3.63) is 0 Å². The molecule has 0 saturated carbocycles. The average molecular weight is 318 g/mol. The van der Waals surface area contributed by atoms with Crippen LogP contribution in [0.2, 0.25) is 0 Å². The van der Waals surface area contributed by atoms with Crippen LogP contribution >= 0.6 is 0 Å². The van der Waals surface area contributed by atoms with E-state index in [1.54, 1.807) is 0 Å². The van der Waals surface area contributed by atoms with Gasteiger partial charge >= 0.3 is 5.97 Å². The molecule has 0 spiro atoms. The summed E-state index contributed by atoms with van der Waals surface area (Å²) >= 11 is 0. The van der Waals surface area contributed by atoms with Crippen molar-refractivity contribution in [1.29, 1.82) is 0 Å². The number of hydrogen-bond acceptors (Lipinski definition) is 3. The summed E-state index contributed by atoms with van der Waals surface area (Å²) in [6, 6.07) is -0.905. The number of rotatable bonds is 3. The second-order valence-electron chi connectivity index (χ2n) is 7.18. The fraction of sp³-hybridized carbons (Fsp3) is 0.929. The van der Waals surface area contributed by atoms with Crippen LogP contribution in [0.1, 0.15) is 46.5 Å². The predicted octanol–water partition coefficient (Wildman–Crippen LogP) is 1.54. The molecule has 122 valence electrons. The first-order chi connectivity index (χ1) is 9.64. The molecule has 2 saturated heterocycles. The van der Waals surface area contributed by atoms with Gasteiger partial charge in [-0.3, -0.25) is 4.79 Å².